The maximum Gasteiger partial charge on any atom is 0.247 e. The van der Waals surface area contributed by atoms with Gasteiger partial charge in [0.05, 0.1) is 19.8 Å². The van der Waals surface area contributed by atoms with Crippen LogP contribution in [0.3, 0.4) is 0 Å². The molecule has 0 aromatic heterocycles. The maximum atomic E-state index is 12.3. The molecule has 4 heteroatoms. The fourth-order valence-corrected chi connectivity index (χ4v) is 3.76. The van der Waals surface area contributed by atoms with E-state index in [4.69, 9.17) is 9.47 Å². The van der Waals surface area contributed by atoms with E-state index in [1.807, 2.05) is 17.0 Å². The van der Waals surface area contributed by atoms with Crippen LogP contribution in [0.25, 0.3) is 0 Å². The van der Waals surface area contributed by atoms with Crippen molar-refractivity contribution < 1.29 is 14.3 Å². The number of carbonyl (C=O) groups is 1. The zero-order valence-corrected chi connectivity index (χ0v) is 13.8. The number of allylic oxidation sites excluding steroid dienone is 1. The smallest absolute Gasteiger partial charge is 0.247 e. The Kier molecular flexibility index (Phi) is 4.16. The number of hydrogen-bond donors (Lipinski definition) is 0. The molecule has 122 valence electrons. The summed E-state index contributed by atoms with van der Waals surface area (Å²) in [5.74, 6) is 1.56. The van der Waals surface area contributed by atoms with E-state index in [0.29, 0.717) is 5.75 Å². The first-order chi connectivity index (χ1) is 11.2. The highest BCUT2D eigenvalue weighted by Gasteiger charge is 2.46. The third-order valence-corrected chi connectivity index (χ3v) is 4.90. The van der Waals surface area contributed by atoms with Crippen molar-refractivity contribution in [1.29, 1.82) is 0 Å². The quantitative estimate of drug-likeness (QED) is 0.598. The second-order valence-electron chi connectivity index (χ2n) is 6.04. The summed E-state index contributed by atoms with van der Waals surface area (Å²) in [4.78, 5) is 14.3. The molecule has 3 rings (SSSR count). The normalized spacial score (nSPS) is 21.8. The average Bonchev–Trinajstić information content (AvgIpc) is 2.91. The van der Waals surface area contributed by atoms with Crippen LogP contribution in [-0.2, 0) is 16.8 Å². The summed E-state index contributed by atoms with van der Waals surface area (Å²) in [5.41, 5.74) is 2.04. The van der Waals surface area contributed by atoms with E-state index in [9.17, 15) is 4.79 Å². The molecule has 0 bridgehead atoms. The maximum absolute atomic E-state index is 12.3. The van der Waals surface area contributed by atoms with Crippen LogP contribution in [0.5, 0.6) is 11.5 Å². The molecule has 0 fully saturated rings. The number of ether oxygens (including phenoxy) is 2. The van der Waals surface area contributed by atoms with Gasteiger partial charge in [-0.15, -0.1) is 6.58 Å². The van der Waals surface area contributed by atoms with Crippen LogP contribution < -0.4 is 9.47 Å². The summed E-state index contributed by atoms with van der Waals surface area (Å²) in [5, 5.41) is 0. The fourth-order valence-electron chi connectivity index (χ4n) is 3.76. The molecule has 1 aromatic carbocycles. The van der Waals surface area contributed by atoms with E-state index in [1.54, 1.807) is 20.3 Å². The second-order valence-corrected chi connectivity index (χ2v) is 6.04. The highest BCUT2D eigenvalue weighted by molar-refractivity contribution is 5.92. The number of rotatable bonds is 6. The molecule has 0 aliphatic carbocycles. The van der Waals surface area contributed by atoms with Crippen LogP contribution in [0.4, 0.5) is 0 Å². The number of amides is 1. The third kappa shape index (κ3) is 2.42. The monoisotopic (exact) mass is 313 g/mol. The van der Waals surface area contributed by atoms with E-state index in [0.717, 1.165) is 43.5 Å². The summed E-state index contributed by atoms with van der Waals surface area (Å²) in [6.07, 6.45) is 9.36. The molecule has 1 atom stereocenters. The van der Waals surface area contributed by atoms with Gasteiger partial charge in [-0.1, -0.05) is 6.08 Å². The van der Waals surface area contributed by atoms with Gasteiger partial charge in [0.1, 0.15) is 0 Å². The molecule has 0 radical (unpaired) electrons. The SMILES string of the molecule is C=CCCC[C@]12C=CC(=O)N1CCc1cc(OC)c(OC)cc12. The van der Waals surface area contributed by atoms with Gasteiger partial charge in [-0.25, -0.2) is 0 Å². The zero-order chi connectivity index (χ0) is 16.4. The van der Waals surface area contributed by atoms with Gasteiger partial charge in [0.2, 0.25) is 5.91 Å². The first-order valence-corrected chi connectivity index (χ1v) is 8.03. The highest BCUT2D eigenvalue weighted by Crippen LogP contribution is 2.47. The lowest BCUT2D eigenvalue weighted by Crippen LogP contribution is -2.48. The standard InChI is InChI=1S/C19H23NO3/c1-4-5-6-9-19-10-7-18(21)20(19)11-8-14-12-16(22-2)17(23-3)13-15(14)19/h4,7,10,12-13H,1,5-6,8-9,11H2,2-3H3/t19-/m1/s1. The van der Waals surface area contributed by atoms with Crippen LogP contribution >= 0.6 is 0 Å². The Labute approximate surface area is 137 Å². The van der Waals surface area contributed by atoms with Crippen molar-refractivity contribution in [1.82, 2.24) is 4.90 Å². The van der Waals surface area contributed by atoms with Crippen LogP contribution in [0.2, 0.25) is 0 Å². The molecule has 1 aromatic rings. The molecule has 4 nitrogen and oxygen atoms in total. The number of benzene rings is 1. The van der Waals surface area contributed by atoms with Gasteiger partial charge in [0.15, 0.2) is 11.5 Å². The van der Waals surface area contributed by atoms with E-state index >= 15 is 0 Å². The summed E-state index contributed by atoms with van der Waals surface area (Å²) in [7, 11) is 3.29. The van der Waals surface area contributed by atoms with Gasteiger partial charge in [-0.3, -0.25) is 4.79 Å². The second kappa shape index (κ2) is 6.11. The number of fused-ring (bicyclic) bond motifs is 3. The molecule has 0 saturated carbocycles. The van der Waals surface area contributed by atoms with Gasteiger partial charge in [0, 0.05) is 12.6 Å². The van der Waals surface area contributed by atoms with E-state index < -0.39 is 0 Å². The molecule has 2 aliphatic rings. The van der Waals surface area contributed by atoms with Crippen LogP contribution in [-0.4, -0.2) is 31.6 Å². The van der Waals surface area contributed by atoms with Crippen LogP contribution in [0.1, 0.15) is 30.4 Å². The van der Waals surface area contributed by atoms with Crippen molar-refractivity contribution >= 4 is 5.91 Å². The van der Waals surface area contributed by atoms with Crippen LogP contribution in [0, 0.1) is 0 Å². The summed E-state index contributed by atoms with van der Waals surface area (Å²) >= 11 is 0. The van der Waals surface area contributed by atoms with Crippen molar-refractivity contribution in [2.45, 2.75) is 31.2 Å². The Balaban J connectivity index is 2.09. The van der Waals surface area contributed by atoms with Crippen molar-refractivity contribution in [3.63, 3.8) is 0 Å². The third-order valence-electron chi connectivity index (χ3n) is 4.90. The Morgan fingerprint density at radius 2 is 2.04 bits per heavy atom. The lowest BCUT2D eigenvalue weighted by atomic mass is 9.78. The van der Waals surface area contributed by atoms with E-state index in [-0.39, 0.29) is 11.4 Å². The fraction of sp³-hybridized carbons (Fsp3) is 0.421. The van der Waals surface area contributed by atoms with E-state index in [2.05, 4.69) is 18.7 Å². The summed E-state index contributed by atoms with van der Waals surface area (Å²) < 4.78 is 10.9. The molecule has 2 heterocycles. The Morgan fingerprint density at radius 1 is 1.30 bits per heavy atom. The Bertz CT molecular complexity index is 665. The number of unbranched alkanes of at least 4 members (excludes halogenated alkanes) is 1. The minimum absolute atomic E-state index is 0.101. The zero-order valence-electron chi connectivity index (χ0n) is 13.8. The molecular weight excluding hydrogens is 290 g/mol. The number of methoxy groups -OCH3 is 2. The first kappa shape index (κ1) is 15.7. The average molecular weight is 313 g/mol. The molecule has 23 heavy (non-hydrogen) atoms. The molecule has 0 spiro atoms. The van der Waals surface area contributed by atoms with Crippen molar-refractivity contribution in [3.05, 3.63) is 48.1 Å². The number of hydrogen-bond acceptors (Lipinski definition) is 3. The molecule has 0 saturated heterocycles. The van der Waals surface area contributed by atoms with Crippen LogP contribution in [0.15, 0.2) is 36.9 Å². The largest absolute Gasteiger partial charge is 0.493 e. The topological polar surface area (TPSA) is 38.8 Å². The summed E-state index contributed by atoms with van der Waals surface area (Å²) in [6, 6.07) is 4.09. The Morgan fingerprint density at radius 3 is 2.74 bits per heavy atom. The lowest BCUT2D eigenvalue weighted by molar-refractivity contribution is -0.129. The molecule has 0 unspecified atom stereocenters. The van der Waals surface area contributed by atoms with Crippen molar-refractivity contribution in [3.8, 4) is 11.5 Å². The first-order valence-electron chi connectivity index (χ1n) is 8.03. The van der Waals surface area contributed by atoms with Gasteiger partial charge in [-0.05, 0) is 55.0 Å². The van der Waals surface area contributed by atoms with E-state index in [1.165, 1.54) is 5.56 Å². The minimum Gasteiger partial charge on any atom is -0.493 e. The van der Waals surface area contributed by atoms with Gasteiger partial charge in [-0.2, -0.15) is 0 Å². The minimum atomic E-state index is -0.354. The van der Waals surface area contributed by atoms with Gasteiger partial charge >= 0.3 is 0 Å². The highest BCUT2D eigenvalue weighted by atomic mass is 16.5. The molecule has 0 N–H and O–H groups in total. The van der Waals surface area contributed by atoms with Gasteiger partial charge in [0.25, 0.3) is 0 Å². The predicted octanol–water partition coefficient (Wildman–Crippen LogP) is 3.21. The van der Waals surface area contributed by atoms with Crippen molar-refractivity contribution in [2.75, 3.05) is 20.8 Å². The van der Waals surface area contributed by atoms with Gasteiger partial charge < -0.3 is 14.4 Å². The molecule has 2 aliphatic heterocycles. The molecular formula is C19H23NO3. The molecule has 1 amide bonds. The predicted molar refractivity (Wildman–Crippen MR) is 89.8 cm³/mol. The van der Waals surface area contributed by atoms with Crippen molar-refractivity contribution in [2.24, 2.45) is 0 Å². The number of nitrogens with zero attached hydrogens (tertiary/aromatic N) is 1. The Hall–Kier alpha value is -2.23. The number of carbonyl (C=O) groups excluding carboxylic acids is 1. The lowest BCUT2D eigenvalue weighted by Gasteiger charge is -2.44. The summed E-state index contributed by atoms with van der Waals surface area (Å²) in [6.45, 7) is 4.54.